The summed E-state index contributed by atoms with van der Waals surface area (Å²) in [6.07, 6.45) is 3.78. The lowest BCUT2D eigenvalue weighted by Crippen LogP contribution is -2.48. The van der Waals surface area contributed by atoms with Crippen LogP contribution in [0.15, 0.2) is 48.7 Å². The summed E-state index contributed by atoms with van der Waals surface area (Å²) in [7, 11) is 0. The normalized spacial score (nSPS) is 23.0. The summed E-state index contributed by atoms with van der Waals surface area (Å²) in [6.45, 7) is 8.28. The molecule has 0 aliphatic carbocycles. The van der Waals surface area contributed by atoms with Gasteiger partial charge in [-0.1, -0.05) is 47.5 Å². The molecule has 3 heterocycles. The molecule has 0 radical (unpaired) electrons. The Hall–Kier alpha value is -2.46. The third kappa shape index (κ3) is 7.39. The molecule has 5 rings (SSSR count). The van der Waals surface area contributed by atoms with Crippen LogP contribution in [0.2, 0.25) is 10.0 Å². The van der Waals surface area contributed by atoms with Gasteiger partial charge in [0.2, 0.25) is 0 Å². The second-order valence-corrected chi connectivity index (χ2v) is 11.9. The molecule has 0 bridgehead atoms. The first-order valence-electron chi connectivity index (χ1n) is 13.3. The average Bonchev–Trinajstić information content (AvgIpc) is 3.66. The van der Waals surface area contributed by atoms with Crippen molar-refractivity contribution in [2.45, 2.75) is 76.8 Å². The number of nitrogens with zero attached hydrogens (tertiary/aromatic N) is 2. The molecule has 4 unspecified atom stereocenters. The van der Waals surface area contributed by atoms with Crippen LogP contribution in [0.3, 0.4) is 0 Å². The van der Waals surface area contributed by atoms with Crippen molar-refractivity contribution in [3.8, 4) is 11.3 Å². The molecule has 10 heteroatoms. The Labute approximate surface area is 240 Å². The van der Waals surface area contributed by atoms with E-state index < -0.39 is 0 Å². The molecule has 1 aromatic heterocycles. The number of anilines is 2. The lowest BCUT2D eigenvalue weighted by Gasteiger charge is -2.30. The van der Waals surface area contributed by atoms with Gasteiger partial charge in [0.05, 0.1) is 17.5 Å². The van der Waals surface area contributed by atoms with E-state index in [2.05, 4.69) is 53.8 Å². The Morgan fingerprint density at radius 1 is 1.13 bits per heavy atom. The van der Waals surface area contributed by atoms with Crippen LogP contribution >= 0.6 is 23.2 Å². The summed E-state index contributed by atoms with van der Waals surface area (Å²) in [6, 6.07) is 14.4. The van der Waals surface area contributed by atoms with Crippen LogP contribution in [0.5, 0.6) is 0 Å². The molecule has 5 N–H and O–H groups in total. The molecule has 2 aromatic carbocycles. The number of rotatable bonds is 9. The first kappa shape index (κ1) is 28.1. The van der Waals surface area contributed by atoms with Crippen LogP contribution in [0.4, 0.5) is 11.6 Å². The van der Waals surface area contributed by atoms with Crippen molar-refractivity contribution in [2.24, 2.45) is 0 Å². The Morgan fingerprint density at radius 2 is 1.90 bits per heavy atom. The van der Waals surface area contributed by atoms with Crippen LogP contribution in [-0.2, 0) is 22.6 Å². The molecular weight excluding hydrogens is 535 g/mol. The number of hydrogen-bond donors (Lipinski definition) is 4. The Bertz CT molecular complexity index is 1280. The van der Waals surface area contributed by atoms with E-state index in [9.17, 15) is 0 Å². The van der Waals surface area contributed by atoms with Gasteiger partial charge in [0.25, 0.3) is 0 Å². The lowest BCUT2D eigenvalue weighted by molar-refractivity contribution is -0.0571. The molecule has 3 aromatic rings. The maximum atomic E-state index is 6.31. The van der Waals surface area contributed by atoms with Crippen LogP contribution in [0, 0.1) is 0 Å². The second kappa shape index (κ2) is 12.0. The Kier molecular flexibility index (Phi) is 8.61. The molecule has 0 spiro atoms. The van der Waals surface area contributed by atoms with Gasteiger partial charge in [-0.25, -0.2) is 9.97 Å². The first-order valence-corrected chi connectivity index (χ1v) is 14.1. The van der Waals surface area contributed by atoms with Crippen LogP contribution < -0.4 is 21.7 Å². The first-order chi connectivity index (χ1) is 18.7. The molecule has 2 aliphatic rings. The smallest absolute Gasteiger partial charge is 0.186 e. The number of nitrogen functional groups attached to an aromatic ring is 1. The van der Waals surface area contributed by atoms with Crippen molar-refractivity contribution >= 4 is 34.8 Å². The van der Waals surface area contributed by atoms with Gasteiger partial charge >= 0.3 is 0 Å². The van der Waals surface area contributed by atoms with Crippen molar-refractivity contribution in [1.82, 2.24) is 20.6 Å². The van der Waals surface area contributed by atoms with Gasteiger partial charge in [0, 0.05) is 46.3 Å². The van der Waals surface area contributed by atoms with E-state index in [0.717, 1.165) is 42.8 Å². The second-order valence-electron chi connectivity index (χ2n) is 11.1. The van der Waals surface area contributed by atoms with Crippen molar-refractivity contribution in [3.05, 3.63) is 69.8 Å². The fourth-order valence-corrected chi connectivity index (χ4v) is 5.40. The molecule has 4 atom stereocenters. The number of nitrogens with two attached hydrogens (primary N) is 1. The summed E-state index contributed by atoms with van der Waals surface area (Å²) in [5.41, 5.74) is 9.57. The Morgan fingerprint density at radius 3 is 2.67 bits per heavy atom. The number of nitrogens with one attached hydrogen (secondary N) is 3. The number of aromatic nitrogens is 2. The minimum Gasteiger partial charge on any atom is -0.381 e. The zero-order valence-corrected chi connectivity index (χ0v) is 24.0. The van der Waals surface area contributed by atoms with Gasteiger partial charge in [-0.3, -0.25) is 0 Å². The quantitative estimate of drug-likeness (QED) is 0.253. The number of ether oxygens (including phenoxy) is 2. The molecule has 39 heavy (non-hydrogen) atoms. The van der Waals surface area contributed by atoms with Gasteiger partial charge in [-0.2, -0.15) is 0 Å². The van der Waals surface area contributed by atoms with Crippen molar-refractivity contribution in [2.75, 3.05) is 17.6 Å². The van der Waals surface area contributed by atoms with E-state index in [4.69, 9.17) is 43.4 Å². The minimum atomic E-state index is -0.203. The molecule has 208 valence electrons. The highest BCUT2D eigenvalue weighted by atomic mass is 35.5. The third-order valence-corrected chi connectivity index (χ3v) is 7.61. The maximum Gasteiger partial charge on any atom is 0.186 e. The fourth-order valence-electron chi connectivity index (χ4n) is 4.87. The zero-order chi connectivity index (χ0) is 27.6. The summed E-state index contributed by atoms with van der Waals surface area (Å²) in [4.78, 5) is 9.10. The number of hydrogen-bond acceptors (Lipinski definition) is 8. The van der Waals surface area contributed by atoms with E-state index in [1.165, 1.54) is 5.56 Å². The standard InChI is InChI=1S/C29H36Cl2N6O2/c1-29(2,3)39-28-25(38-28)23-13-19(10-11-33-23)34-14-17-6-4-7-18(12-17)24-16-35-26(32)27(37-24)36-15-20-21(30)8-5-9-22(20)31/h4-9,12,16,19,23,25,28,33-34H,10-11,13-15H2,1-3H3,(H2,32,35)(H,36,37). The number of halogens is 2. The SMILES string of the molecule is CC(C)(C)OC1OC1C1CC(NCc2cccc(-c3cnc(N)c(NCc4c(Cl)cccc4Cl)n3)c2)CCN1. The van der Waals surface area contributed by atoms with Crippen molar-refractivity contribution < 1.29 is 9.47 Å². The largest absolute Gasteiger partial charge is 0.381 e. The number of epoxide rings is 1. The molecular formula is C29H36Cl2N6O2. The molecule has 0 saturated carbocycles. The topological polar surface area (TPSA) is 110 Å². The number of piperidine rings is 1. The van der Waals surface area contributed by atoms with Crippen LogP contribution in [0.25, 0.3) is 11.3 Å². The highest BCUT2D eigenvalue weighted by Gasteiger charge is 2.48. The predicted octanol–water partition coefficient (Wildman–Crippen LogP) is 5.39. The fraction of sp³-hybridized carbons (Fsp3) is 0.448. The van der Waals surface area contributed by atoms with Crippen LogP contribution in [-0.4, -0.2) is 46.6 Å². The minimum absolute atomic E-state index is 0.111. The van der Waals surface area contributed by atoms with Gasteiger partial charge in [-0.15, -0.1) is 0 Å². The van der Waals surface area contributed by atoms with E-state index in [1.807, 2.05) is 18.2 Å². The molecule has 2 fully saturated rings. The molecule has 2 aliphatic heterocycles. The molecule has 8 nitrogen and oxygen atoms in total. The summed E-state index contributed by atoms with van der Waals surface area (Å²) in [5.74, 6) is 0.804. The molecule has 0 amide bonds. The average molecular weight is 572 g/mol. The third-order valence-electron chi connectivity index (χ3n) is 6.90. The van der Waals surface area contributed by atoms with Gasteiger partial charge in [0.15, 0.2) is 17.9 Å². The maximum absolute atomic E-state index is 6.31. The van der Waals surface area contributed by atoms with E-state index in [-0.39, 0.29) is 18.0 Å². The van der Waals surface area contributed by atoms with Gasteiger partial charge in [0.1, 0.15) is 6.10 Å². The van der Waals surface area contributed by atoms with E-state index in [1.54, 1.807) is 18.3 Å². The highest BCUT2D eigenvalue weighted by Crippen LogP contribution is 2.33. The highest BCUT2D eigenvalue weighted by molar-refractivity contribution is 6.36. The molecule has 2 saturated heterocycles. The van der Waals surface area contributed by atoms with Crippen molar-refractivity contribution in [3.63, 3.8) is 0 Å². The van der Waals surface area contributed by atoms with Gasteiger partial charge < -0.3 is 31.2 Å². The van der Waals surface area contributed by atoms with Gasteiger partial charge in [-0.05, 0) is 63.9 Å². The predicted molar refractivity (Wildman–Crippen MR) is 157 cm³/mol. The lowest BCUT2D eigenvalue weighted by atomic mass is 9.96. The van der Waals surface area contributed by atoms with E-state index >= 15 is 0 Å². The van der Waals surface area contributed by atoms with Crippen LogP contribution in [0.1, 0.15) is 44.7 Å². The summed E-state index contributed by atoms with van der Waals surface area (Å²) >= 11 is 12.6. The monoisotopic (exact) mass is 570 g/mol. The van der Waals surface area contributed by atoms with Crippen molar-refractivity contribution in [1.29, 1.82) is 0 Å². The number of benzene rings is 2. The Balaban J connectivity index is 1.19. The summed E-state index contributed by atoms with van der Waals surface area (Å²) in [5, 5.41) is 11.7. The zero-order valence-electron chi connectivity index (χ0n) is 22.5. The van der Waals surface area contributed by atoms with E-state index in [0.29, 0.717) is 40.3 Å². The summed E-state index contributed by atoms with van der Waals surface area (Å²) < 4.78 is 11.8.